The number of hydrogen-bond acceptors (Lipinski definition) is 3. The van der Waals surface area contributed by atoms with Crippen LogP contribution in [-0.2, 0) is 6.54 Å². The zero-order valence-electron chi connectivity index (χ0n) is 14.7. The van der Waals surface area contributed by atoms with Gasteiger partial charge in [-0.25, -0.2) is 0 Å². The van der Waals surface area contributed by atoms with E-state index in [2.05, 4.69) is 22.3 Å². The summed E-state index contributed by atoms with van der Waals surface area (Å²) in [5, 5.41) is 13.3. The highest BCUT2D eigenvalue weighted by molar-refractivity contribution is 5.95. The molecule has 0 saturated heterocycles. The Balaban J connectivity index is 1.63. The minimum absolute atomic E-state index is 0.129. The molecule has 0 spiro atoms. The Kier molecular flexibility index (Phi) is 5.39. The number of carbonyl (C=O) groups is 1. The van der Waals surface area contributed by atoms with Crippen molar-refractivity contribution in [3.63, 3.8) is 0 Å². The molecule has 0 unspecified atom stereocenters. The van der Waals surface area contributed by atoms with Crippen LogP contribution < -0.4 is 10.2 Å². The van der Waals surface area contributed by atoms with Crippen molar-refractivity contribution in [2.24, 2.45) is 0 Å². The summed E-state index contributed by atoms with van der Waals surface area (Å²) in [4.78, 5) is 14.6. The van der Waals surface area contributed by atoms with E-state index in [1.54, 1.807) is 0 Å². The number of rotatable bonds is 6. The van der Waals surface area contributed by atoms with Crippen molar-refractivity contribution in [3.05, 3.63) is 65.7 Å². The van der Waals surface area contributed by atoms with Crippen LogP contribution in [0.2, 0.25) is 0 Å². The molecule has 132 valence electrons. The topological polar surface area (TPSA) is 52.6 Å². The number of carbonyl (C=O) groups excluding carboxylic acids is 1. The van der Waals surface area contributed by atoms with Gasteiger partial charge in [-0.05, 0) is 36.6 Å². The number of amides is 1. The van der Waals surface area contributed by atoms with Gasteiger partial charge in [0.15, 0.2) is 0 Å². The van der Waals surface area contributed by atoms with E-state index in [0.29, 0.717) is 12.1 Å². The monoisotopic (exact) mass is 338 g/mol. The second kappa shape index (κ2) is 7.70. The molecule has 0 heterocycles. The van der Waals surface area contributed by atoms with Gasteiger partial charge in [0.1, 0.15) is 0 Å². The molecule has 0 radical (unpaired) electrons. The number of benzene rings is 2. The number of aliphatic hydroxyl groups is 1. The van der Waals surface area contributed by atoms with Crippen LogP contribution in [0.15, 0.2) is 54.6 Å². The fourth-order valence-electron chi connectivity index (χ4n) is 3.39. The molecule has 2 N–H and O–H groups in total. The van der Waals surface area contributed by atoms with E-state index in [1.165, 1.54) is 5.56 Å². The summed E-state index contributed by atoms with van der Waals surface area (Å²) in [5.41, 5.74) is 2.12. The zero-order valence-corrected chi connectivity index (χ0v) is 14.7. The second-order valence-corrected chi connectivity index (χ2v) is 7.01. The number of nitrogens with one attached hydrogen (secondary N) is 1. The lowest BCUT2D eigenvalue weighted by atomic mass is 10.0. The van der Waals surface area contributed by atoms with Crippen LogP contribution in [0.25, 0.3) is 0 Å². The highest BCUT2D eigenvalue weighted by Crippen LogP contribution is 2.28. The molecule has 4 nitrogen and oxygen atoms in total. The fourth-order valence-corrected chi connectivity index (χ4v) is 3.39. The van der Waals surface area contributed by atoms with E-state index >= 15 is 0 Å². The lowest BCUT2D eigenvalue weighted by Crippen LogP contribution is -2.40. The molecule has 2 aromatic rings. The molecule has 4 heteroatoms. The highest BCUT2D eigenvalue weighted by atomic mass is 16.3. The Morgan fingerprint density at radius 3 is 2.56 bits per heavy atom. The van der Waals surface area contributed by atoms with Crippen molar-refractivity contribution in [2.75, 3.05) is 18.5 Å². The van der Waals surface area contributed by atoms with E-state index in [1.807, 2.05) is 49.5 Å². The van der Waals surface area contributed by atoms with E-state index in [9.17, 15) is 9.90 Å². The molecule has 1 amide bonds. The largest absolute Gasteiger partial charge is 0.388 e. The van der Waals surface area contributed by atoms with Crippen LogP contribution in [0.5, 0.6) is 0 Å². The van der Waals surface area contributed by atoms with Gasteiger partial charge in [-0.2, -0.15) is 0 Å². The summed E-state index contributed by atoms with van der Waals surface area (Å²) >= 11 is 0. The SMILES string of the molecule is CN(Cc1ccccc1)c1cccc(C(=O)NCC2(O)CCCC2)c1. The quantitative estimate of drug-likeness (QED) is 0.849. The molecule has 25 heavy (non-hydrogen) atoms. The molecule has 1 saturated carbocycles. The number of anilines is 1. The van der Waals surface area contributed by atoms with Gasteiger partial charge >= 0.3 is 0 Å². The van der Waals surface area contributed by atoms with Crippen LogP contribution in [-0.4, -0.2) is 30.2 Å². The third-order valence-corrected chi connectivity index (χ3v) is 4.92. The lowest BCUT2D eigenvalue weighted by molar-refractivity contribution is 0.0449. The van der Waals surface area contributed by atoms with Crippen molar-refractivity contribution >= 4 is 11.6 Å². The molecule has 0 aromatic heterocycles. The fraction of sp³-hybridized carbons (Fsp3) is 0.381. The molecular weight excluding hydrogens is 312 g/mol. The Hall–Kier alpha value is -2.33. The summed E-state index contributed by atoms with van der Waals surface area (Å²) in [6.07, 6.45) is 3.61. The van der Waals surface area contributed by atoms with Crippen LogP contribution in [0, 0.1) is 0 Å². The van der Waals surface area contributed by atoms with Gasteiger partial charge in [0, 0.05) is 31.4 Å². The summed E-state index contributed by atoms with van der Waals surface area (Å²) in [6, 6.07) is 17.9. The molecule has 1 aliphatic rings. The first-order valence-electron chi connectivity index (χ1n) is 8.91. The maximum Gasteiger partial charge on any atom is 0.251 e. The van der Waals surface area contributed by atoms with Gasteiger partial charge in [0.05, 0.1) is 5.60 Å². The Labute approximate surface area is 149 Å². The minimum atomic E-state index is -0.725. The number of nitrogens with zero attached hydrogens (tertiary/aromatic N) is 1. The maximum atomic E-state index is 12.4. The Morgan fingerprint density at radius 1 is 1.12 bits per heavy atom. The normalized spacial score (nSPS) is 15.8. The molecular formula is C21H26N2O2. The van der Waals surface area contributed by atoms with Crippen molar-refractivity contribution < 1.29 is 9.90 Å². The second-order valence-electron chi connectivity index (χ2n) is 7.01. The third-order valence-electron chi connectivity index (χ3n) is 4.92. The van der Waals surface area contributed by atoms with Crippen LogP contribution in [0.3, 0.4) is 0 Å². The van der Waals surface area contributed by atoms with E-state index in [4.69, 9.17) is 0 Å². The predicted octanol–water partition coefficient (Wildman–Crippen LogP) is 3.36. The van der Waals surface area contributed by atoms with Gasteiger partial charge in [0.25, 0.3) is 5.91 Å². The summed E-state index contributed by atoms with van der Waals surface area (Å²) < 4.78 is 0. The predicted molar refractivity (Wildman–Crippen MR) is 101 cm³/mol. The van der Waals surface area contributed by atoms with Gasteiger partial charge in [-0.15, -0.1) is 0 Å². The standard InChI is InChI=1S/C21H26N2O2/c1-23(15-17-8-3-2-4-9-17)19-11-7-10-18(14-19)20(24)22-16-21(25)12-5-6-13-21/h2-4,7-11,14,25H,5-6,12-13,15-16H2,1H3,(H,22,24). The van der Waals surface area contributed by atoms with Gasteiger partial charge in [0.2, 0.25) is 0 Å². The molecule has 1 fully saturated rings. The van der Waals surface area contributed by atoms with Crippen molar-refractivity contribution in [2.45, 2.75) is 37.8 Å². The average Bonchev–Trinajstić information content (AvgIpc) is 3.07. The summed E-state index contributed by atoms with van der Waals surface area (Å²) in [5.74, 6) is -0.129. The first-order valence-corrected chi connectivity index (χ1v) is 8.91. The highest BCUT2D eigenvalue weighted by Gasteiger charge is 2.31. The first-order chi connectivity index (χ1) is 12.1. The maximum absolute atomic E-state index is 12.4. The zero-order chi connectivity index (χ0) is 17.7. The molecule has 1 aliphatic carbocycles. The van der Waals surface area contributed by atoms with Crippen LogP contribution in [0.1, 0.15) is 41.6 Å². The lowest BCUT2D eigenvalue weighted by Gasteiger charge is -2.23. The summed E-state index contributed by atoms with van der Waals surface area (Å²) in [7, 11) is 2.02. The van der Waals surface area contributed by atoms with Crippen LogP contribution in [0.4, 0.5) is 5.69 Å². The first kappa shape index (κ1) is 17.5. The third kappa shape index (κ3) is 4.60. The van der Waals surface area contributed by atoms with Crippen molar-refractivity contribution in [1.29, 1.82) is 0 Å². The molecule has 2 aromatic carbocycles. The van der Waals surface area contributed by atoms with E-state index < -0.39 is 5.60 Å². The molecule has 0 bridgehead atoms. The average molecular weight is 338 g/mol. The van der Waals surface area contributed by atoms with Gasteiger partial charge in [-0.3, -0.25) is 4.79 Å². The van der Waals surface area contributed by atoms with Gasteiger partial charge < -0.3 is 15.3 Å². The molecule has 0 atom stereocenters. The van der Waals surface area contributed by atoms with E-state index in [0.717, 1.165) is 37.9 Å². The Bertz CT molecular complexity index is 709. The van der Waals surface area contributed by atoms with Crippen molar-refractivity contribution in [3.8, 4) is 0 Å². The summed E-state index contributed by atoms with van der Waals surface area (Å²) in [6.45, 7) is 1.11. The molecule has 0 aliphatic heterocycles. The Morgan fingerprint density at radius 2 is 1.84 bits per heavy atom. The van der Waals surface area contributed by atoms with E-state index in [-0.39, 0.29) is 5.91 Å². The smallest absolute Gasteiger partial charge is 0.251 e. The van der Waals surface area contributed by atoms with Gasteiger partial charge in [-0.1, -0.05) is 49.2 Å². The minimum Gasteiger partial charge on any atom is -0.388 e. The number of hydrogen-bond donors (Lipinski definition) is 2. The van der Waals surface area contributed by atoms with Crippen LogP contribution >= 0.6 is 0 Å². The van der Waals surface area contributed by atoms with Crippen molar-refractivity contribution in [1.82, 2.24) is 5.32 Å². The molecule has 3 rings (SSSR count).